The molecule has 0 saturated heterocycles. The summed E-state index contributed by atoms with van der Waals surface area (Å²) in [4.78, 5) is 0. The fraction of sp³-hybridized carbons (Fsp3) is 0.778. The van der Waals surface area contributed by atoms with Gasteiger partial charge in [-0.2, -0.15) is 0 Å². The molecule has 0 radical (unpaired) electrons. The van der Waals surface area contributed by atoms with Crippen LogP contribution in [0.1, 0.15) is 32.1 Å². The van der Waals surface area contributed by atoms with Gasteiger partial charge in [0.1, 0.15) is 0 Å². The molecule has 1 aliphatic carbocycles. The SMILES string of the molecule is C=CCCC1CCCC1Cl. The second kappa shape index (κ2) is 4.02. The van der Waals surface area contributed by atoms with E-state index in [1.165, 1.54) is 25.7 Å². The molecule has 0 aromatic carbocycles. The van der Waals surface area contributed by atoms with Crippen molar-refractivity contribution in [2.24, 2.45) is 5.92 Å². The quantitative estimate of drug-likeness (QED) is 0.437. The summed E-state index contributed by atoms with van der Waals surface area (Å²) in [5.74, 6) is 0.777. The first kappa shape index (κ1) is 8.13. The number of halogens is 1. The minimum absolute atomic E-state index is 0.458. The van der Waals surface area contributed by atoms with Gasteiger partial charge in [-0.05, 0) is 31.6 Å². The fourth-order valence-corrected chi connectivity index (χ4v) is 2.05. The van der Waals surface area contributed by atoms with Crippen molar-refractivity contribution in [2.75, 3.05) is 0 Å². The second-order valence-corrected chi connectivity index (χ2v) is 3.63. The molecule has 0 amide bonds. The van der Waals surface area contributed by atoms with Gasteiger partial charge in [-0.1, -0.05) is 12.5 Å². The minimum atomic E-state index is 0.458. The van der Waals surface area contributed by atoms with Crippen LogP contribution in [-0.2, 0) is 0 Å². The molecule has 0 spiro atoms. The van der Waals surface area contributed by atoms with Crippen molar-refractivity contribution in [1.29, 1.82) is 0 Å². The molecular formula is C9H15Cl. The molecule has 0 heterocycles. The average Bonchev–Trinajstić information content (AvgIpc) is 2.31. The highest BCUT2D eigenvalue weighted by atomic mass is 35.5. The molecule has 1 saturated carbocycles. The first-order chi connectivity index (χ1) is 4.84. The highest BCUT2D eigenvalue weighted by molar-refractivity contribution is 6.20. The predicted octanol–water partition coefficient (Wildman–Crippen LogP) is 3.36. The van der Waals surface area contributed by atoms with Crippen LogP contribution in [0.3, 0.4) is 0 Å². The van der Waals surface area contributed by atoms with E-state index in [2.05, 4.69) is 6.58 Å². The highest BCUT2D eigenvalue weighted by Gasteiger charge is 2.23. The molecule has 1 rings (SSSR count). The van der Waals surface area contributed by atoms with Gasteiger partial charge in [-0.15, -0.1) is 18.2 Å². The summed E-state index contributed by atoms with van der Waals surface area (Å²) < 4.78 is 0. The van der Waals surface area contributed by atoms with Crippen molar-refractivity contribution < 1.29 is 0 Å². The molecule has 0 aliphatic heterocycles. The van der Waals surface area contributed by atoms with Crippen LogP contribution in [0.4, 0.5) is 0 Å². The first-order valence-electron chi connectivity index (χ1n) is 4.09. The van der Waals surface area contributed by atoms with Gasteiger partial charge in [0, 0.05) is 5.38 Å². The molecule has 0 N–H and O–H groups in total. The van der Waals surface area contributed by atoms with Gasteiger partial charge in [0.05, 0.1) is 0 Å². The summed E-state index contributed by atoms with van der Waals surface area (Å²) in [5, 5.41) is 0.458. The van der Waals surface area contributed by atoms with E-state index < -0.39 is 0 Å². The minimum Gasteiger partial charge on any atom is -0.123 e. The van der Waals surface area contributed by atoms with Gasteiger partial charge < -0.3 is 0 Å². The fourth-order valence-electron chi connectivity index (χ4n) is 1.65. The maximum atomic E-state index is 6.08. The normalized spacial score (nSPS) is 32.5. The van der Waals surface area contributed by atoms with E-state index >= 15 is 0 Å². The predicted molar refractivity (Wildman–Crippen MR) is 46.4 cm³/mol. The van der Waals surface area contributed by atoms with E-state index in [-0.39, 0.29) is 0 Å². The summed E-state index contributed by atoms with van der Waals surface area (Å²) in [6.07, 6.45) is 8.26. The summed E-state index contributed by atoms with van der Waals surface area (Å²) in [5.41, 5.74) is 0. The summed E-state index contributed by atoms with van der Waals surface area (Å²) in [6, 6.07) is 0. The maximum absolute atomic E-state index is 6.08. The van der Waals surface area contributed by atoms with E-state index in [0.717, 1.165) is 12.3 Å². The largest absolute Gasteiger partial charge is 0.123 e. The maximum Gasteiger partial charge on any atom is 0.0364 e. The van der Waals surface area contributed by atoms with E-state index in [1.807, 2.05) is 6.08 Å². The first-order valence-corrected chi connectivity index (χ1v) is 4.53. The van der Waals surface area contributed by atoms with E-state index in [0.29, 0.717) is 5.38 Å². The van der Waals surface area contributed by atoms with Gasteiger partial charge in [0.2, 0.25) is 0 Å². The van der Waals surface area contributed by atoms with Crippen LogP contribution < -0.4 is 0 Å². The molecule has 10 heavy (non-hydrogen) atoms. The molecule has 0 nitrogen and oxygen atoms in total. The molecular weight excluding hydrogens is 144 g/mol. The Bertz CT molecular complexity index is 109. The third-order valence-corrected chi connectivity index (χ3v) is 2.88. The Labute approximate surface area is 68.3 Å². The highest BCUT2D eigenvalue weighted by Crippen LogP contribution is 2.33. The van der Waals surface area contributed by atoms with Crippen molar-refractivity contribution in [3.8, 4) is 0 Å². The Hall–Kier alpha value is 0.0300. The summed E-state index contributed by atoms with van der Waals surface area (Å²) in [6.45, 7) is 3.70. The van der Waals surface area contributed by atoms with Crippen LogP contribution in [0.5, 0.6) is 0 Å². The Morgan fingerprint density at radius 2 is 2.30 bits per heavy atom. The van der Waals surface area contributed by atoms with Crippen LogP contribution in [0.2, 0.25) is 0 Å². The van der Waals surface area contributed by atoms with Crippen molar-refractivity contribution in [3.63, 3.8) is 0 Å². The average molecular weight is 159 g/mol. The van der Waals surface area contributed by atoms with E-state index in [9.17, 15) is 0 Å². The van der Waals surface area contributed by atoms with Gasteiger partial charge >= 0.3 is 0 Å². The lowest BCUT2D eigenvalue weighted by atomic mass is 10.0. The van der Waals surface area contributed by atoms with Gasteiger partial charge in [-0.25, -0.2) is 0 Å². The third-order valence-electron chi connectivity index (χ3n) is 2.31. The Kier molecular flexibility index (Phi) is 3.27. The molecule has 1 heteroatoms. The van der Waals surface area contributed by atoms with Crippen molar-refractivity contribution in [1.82, 2.24) is 0 Å². The topological polar surface area (TPSA) is 0 Å². The number of alkyl halides is 1. The number of allylic oxidation sites excluding steroid dienone is 1. The molecule has 1 fully saturated rings. The molecule has 0 bridgehead atoms. The lowest BCUT2D eigenvalue weighted by Gasteiger charge is -2.10. The van der Waals surface area contributed by atoms with Crippen molar-refractivity contribution in [2.45, 2.75) is 37.5 Å². The second-order valence-electron chi connectivity index (χ2n) is 3.07. The zero-order valence-corrected chi connectivity index (χ0v) is 7.11. The third kappa shape index (κ3) is 2.02. The Balaban J connectivity index is 2.19. The number of rotatable bonds is 3. The van der Waals surface area contributed by atoms with Crippen LogP contribution in [0.15, 0.2) is 12.7 Å². The number of hydrogen-bond donors (Lipinski definition) is 0. The molecule has 0 aromatic heterocycles. The molecule has 58 valence electrons. The molecule has 0 aromatic rings. The lowest BCUT2D eigenvalue weighted by molar-refractivity contribution is 0.515. The van der Waals surface area contributed by atoms with Crippen molar-refractivity contribution >= 4 is 11.6 Å². The zero-order chi connectivity index (χ0) is 7.40. The smallest absolute Gasteiger partial charge is 0.0364 e. The summed E-state index contributed by atoms with van der Waals surface area (Å²) in [7, 11) is 0. The van der Waals surface area contributed by atoms with Crippen molar-refractivity contribution in [3.05, 3.63) is 12.7 Å². The van der Waals surface area contributed by atoms with Gasteiger partial charge in [0.25, 0.3) is 0 Å². The lowest BCUT2D eigenvalue weighted by Crippen LogP contribution is -2.05. The molecule has 1 aliphatic rings. The monoisotopic (exact) mass is 158 g/mol. The van der Waals surface area contributed by atoms with Crippen LogP contribution in [0.25, 0.3) is 0 Å². The van der Waals surface area contributed by atoms with Crippen LogP contribution in [0, 0.1) is 5.92 Å². The van der Waals surface area contributed by atoms with Crippen LogP contribution in [-0.4, -0.2) is 5.38 Å². The van der Waals surface area contributed by atoms with E-state index in [1.54, 1.807) is 0 Å². The Morgan fingerprint density at radius 1 is 1.50 bits per heavy atom. The van der Waals surface area contributed by atoms with Crippen LogP contribution >= 0.6 is 11.6 Å². The summed E-state index contributed by atoms with van der Waals surface area (Å²) >= 11 is 6.08. The Morgan fingerprint density at radius 3 is 2.80 bits per heavy atom. The van der Waals surface area contributed by atoms with Gasteiger partial charge in [-0.3, -0.25) is 0 Å². The molecule has 2 atom stereocenters. The molecule has 2 unspecified atom stereocenters. The zero-order valence-electron chi connectivity index (χ0n) is 6.35. The standard InChI is InChI=1S/C9H15Cl/c1-2-3-5-8-6-4-7-9(8)10/h2,8-9H,1,3-7H2. The number of hydrogen-bond acceptors (Lipinski definition) is 0. The van der Waals surface area contributed by atoms with E-state index in [4.69, 9.17) is 11.6 Å². The van der Waals surface area contributed by atoms with Gasteiger partial charge in [0.15, 0.2) is 0 Å².